The Hall–Kier alpha value is -3.52. The number of carbonyl (C=O) groups is 3. The minimum atomic E-state index is -1.11. The van der Waals surface area contributed by atoms with Gasteiger partial charge in [-0.15, -0.1) is 11.8 Å². The first kappa shape index (κ1) is 25.6. The summed E-state index contributed by atoms with van der Waals surface area (Å²) in [5, 5.41) is 16.6. The molecule has 0 aliphatic rings. The van der Waals surface area contributed by atoms with Crippen LogP contribution in [-0.2, 0) is 4.79 Å². The second-order valence-electron chi connectivity index (χ2n) is 7.90. The van der Waals surface area contributed by atoms with Crippen LogP contribution >= 0.6 is 35.0 Å². The Morgan fingerprint density at radius 2 is 1.44 bits per heavy atom. The Morgan fingerprint density at radius 1 is 0.806 bits per heavy atom. The fraction of sp³-hybridized carbons (Fsp3) is 0.0741. The number of aromatic carboxylic acids is 1. The lowest BCUT2D eigenvalue weighted by molar-refractivity contribution is -0.115. The second kappa shape index (κ2) is 11.0. The quantitative estimate of drug-likeness (QED) is 0.216. The zero-order chi connectivity index (χ0) is 25.8. The maximum atomic E-state index is 13.1. The molecular weight excluding hydrogens is 519 g/mol. The van der Waals surface area contributed by atoms with Crippen LogP contribution in [0.5, 0.6) is 0 Å². The third-order valence-corrected chi connectivity index (χ3v) is 6.81. The van der Waals surface area contributed by atoms with Gasteiger partial charge in [-0.2, -0.15) is 0 Å². The third kappa shape index (κ3) is 5.99. The molecule has 0 aromatic heterocycles. The molecule has 36 heavy (non-hydrogen) atoms. The van der Waals surface area contributed by atoms with Crippen molar-refractivity contribution in [3.63, 3.8) is 0 Å². The number of nitrogens with one attached hydrogen (secondary N) is 2. The molecule has 3 N–H and O–H groups in total. The topological polar surface area (TPSA) is 95.5 Å². The number of fused-ring (bicyclic) bond motifs is 1. The van der Waals surface area contributed by atoms with Crippen molar-refractivity contribution in [2.24, 2.45) is 0 Å². The lowest BCUT2D eigenvalue weighted by atomic mass is 9.98. The van der Waals surface area contributed by atoms with E-state index in [1.165, 1.54) is 17.8 Å². The lowest BCUT2D eigenvalue weighted by Crippen LogP contribution is -2.22. The summed E-state index contributed by atoms with van der Waals surface area (Å²) < 4.78 is 0. The highest BCUT2D eigenvalue weighted by molar-refractivity contribution is 8.00. The average Bonchev–Trinajstić information content (AvgIpc) is 2.82. The summed E-state index contributed by atoms with van der Waals surface area (Å²) in [5.41, 5.74) is 1.34. The zero-order valence-corrected chi connectivity index (χ0v) is 21.2. The van der Waals surface area contributed by atoms with Gasteiger partial charge in [0.2, 0.25) is 5.91 Å². The van der Waals surface area contributed by atoms with E-state index in [0.29, 0.717) is 32.2 Å². The van der Waals surface area contributed by atoms with Gasteiger partial charge in [0.15, 0.2) is 0 Å². The van der Waals surface area contributed by atoms with Crippen molar-refractivity contribution < 1.29 is 19.5 Å². The van der Waals surface area contributed by atoms with Crippen LogP contribution in [0.2, 0.25) is 10.0 Å². The molecule has 1 atom stereocenters. The molecule has 2 amide bonds. The van der Waals surface area contributed by atoms with Gasteiger partial charge >= 0.3 is 5.97 Å². The smallest absolute Gasteiger partial charge is 0.336 e. The number of amides is 2. The largest absolute Gasteiger partial charge is 0.478 e. The summed E-state index contributed by atoms with van der Waals surface area (Å²) in [6.45, 7) is 1.76. The van der Waals surface area contributed by atoms with Crippen LogP contribution < -0.4 is 10.6 Å². The lowest BCUT2D eigenvalue weighted by Gasteiger charge is -2.14. The van der Waals surface area contributed by atoms with Crippen LogP contribution in [0, 0.1) is 0 Å². The summed E-state index contributed by atoms with van der Waals surface area (Å²) in [6.07, 6.45) is 0. The highest BCUT2D eigenvalue weighted by Crippen LogP contribution is 2.29. The fourth-order valence-electron chi connectivity index (χ4n) is 3.68. The van der Waals surface area contributed by atoms with Crippen molar-refractivity contribution in [1.29, 1.82) is 0 Å². The minimum absolute atomic E-state index is 0.0587. The van der Waals surface area contributed by atoms with Gasteiger partial charge in [-0.25, -0.2) is 4.79 Å². The molecule has 0 spiro atoms. The molecule has 0 saturated heterocycles. The van der Waals surface area contributed by atoms with Crippen molar-refractivity contribution in [2.45, 2.75) is 17.1 Å². The Morgan fingerprint density at radius 3 is 2.11 bits per heavy atom. The van der Waals surface area contributed by atoms with Crippen molar-refractivity contribution in [3.8, 4) is 0 Å². The number of thioether (sulfide) groups is 1. The van der Waals surface area contributed by atoms with Gasteiger partial charge in [0.1, 0.15) is 0 Å². The molecule has 0 radical (unpaired) electrons. The van der Waals surface area contributed by atoms with E-state index in [1.54, 1.807) is 73.7 Å². The van der Waals surface area contributed by atoms with Crippen LogP contribution in [0.3, 0.4) is 0 Å². The van der Waals surface area contributed by atoms with Gasteiger partial charge in [-0.05, 0) is 60.8 Å². The molecule has 9 heteroatoms. The zero-order valence-electron chi connectivity index (χ0n) is 18.9. The van der Waals surface area contributed by atoms with Crippen LogP contribution in [0.4, 0.5) is 11.4 Å². The maximum Gasteiger partial charge on any atom is 0.336 e. The van der Waals surface area contributed by atoms with E-state index in [0.717, 1.165) is 4.90 Å². The number of hydrogen-bond acceptors (Lipinski definition) is 4. The van der Waals surface area contributed by atoms with Crippen LogP contribution in [0.25, 0.3) is 10.8 Å². The molecule has 1 unspecified atom stereocenters. The number of carbonyl (C=O) groups excluding carboxylic acids is 2. The van der Waals surface area contributed by atoms with E-state index < -0.39 is 17.1 Å². The monoisotopic (exact) mass is 538 g/mol. The summed E-state index contributed by atoms with van der Waals surface area (Å²) in [7, 11) is 0. The van der Waals surface area contributed by atoms with Crippen molar-refractivity contribution in [2.75, 3.05) is 10.6 Å². The molecule has 0 fully saturated rings. The van der Waals surface area contributed by atoms with Gasteiger partial charge in [0.05, 0.1) is 10.8 Å². The highest BCUT2D eigenvalue weighted by atomic mass is 35.5. The number of carboxylic acid groups (broad SMARTS) is 1. The van der Waals surface area contributed by atoms with Crippen LogP contribution in [0.15, 0.2) is 83.8 Å². The van der Waals surface area contributed by atoms with Crippen molar-refractivity contribution >= 4 is 74.9 Å². The van der Waals surface area contributed by atoms with Gasteiger partial charge in [-0.3, -0.25) is 9.59 Å². The summed E-state index contributed by atoms with van der Waals surface area (Å²) in [4.78, 5) is 38.3. The first-order valence-corrected chi connectivity index (χ1v) is 12.4. The summed E-state index contributed by atoms with van der Waals surface area (Å²) in [5.74, 6) is -1.77. The predicted molar refractivity (Wildman–Crippen MR) is 146 cm³/mol. The normalized spacial score (nSPS) is 11.6. The van der Waals surface area contributed by atoms with Gasteiger partial charge in [0.25, 0.3) is 5.91 Å². The van der Waals surface area contributed by atoms with Crippen LogP contribution in [-0.4, -0.2) is 28.1 Å². The number of anilines is 2. The van der Waals surface area contributed by atoms with E-state index in [1.807, 2.05) is 6.07 Å². The Labute approximate surface area is 221 Å². The van der Waals surface area contributed by atoms with Gasteiger partial charge in [-0.1, -0.05) is 53.5 Å². The van der Waals surface area contributed by atoms with E-state index in [2.05, 4.69) is 10.6 Å². The van der Waals surface area contributed by atoms with E-state index in [9.17, 15) is 19.5 Å². The number of rotatable bonds is 7. The molecule has 0 aliphatic heterocycles. The molecule has 4 aromatic carbocycles. The molecule has 182 valence electrons. The first-order valence-electron chi connectivity index (χ1n) is 10.8. The van der Waals surface area contributed by atoms with Crippen molar-refractivity contribution in [1.82, 2.24) is 0 Å². The van der Waals surface area contributed by atoms with Gasteiger partial charge < -0.3 is 15.7 Å². The average molecular weight is 539 g/mol. The van der Waals surface area contributed by atoms with Gasteiger partial charge in [0, 0.05) is 37.3 Å². The SMILES string of the molecule is CC(Sc1cccc(NC(=O)c2cccc3cccc(C(=O)O)c23)c1)C(=O)Nc1cc(Cl)cc(Cl)c1. The number of hydrogen-bond donors (Lipinski definition) is 3. The Kier molecular flexibility index (Phi) is 7.84. The number of carboxylic acids is 1. The van der Waals surface area contributed by atoms with E-state index in [-0.39, 0.29) is 17.0 Å². The van der Waals surface area contributed by atoms with E-state index in [4.69, 9.17) is 23.2 Å². The molecule has 0 saturated carbocycles. The maximum absolute atomic E-state index is 13.1. The molecule has 0 bridgehead atoms. The highest BCUT2D eigenvalue weighted by Gasteiger charge is 2.18. The van der Waals surface area contributed by atoms with E-state index >= 15 is 0 Å². The Balaban J connectivity index is 1.49. The minimum Gasteiger partial charge on any atom is -0.478 e. The van der Waals surface area contributed by atoms with Crippen LogP contribution in [0.1, 0.15) is 27.6 Å². The molecule has 6 nitrogen and oxygen atoms in total. The third-order valence-electron chi connectivity index (χ3n) is 5.28. The predicted octanol–water partition coefficient (Wildman–Crippen LogP) is 7.22. The fourth-order valence-corrected chi connectivity index (χ4v) is 5.13. The Bertz CT molecular complexity index is 1470. The molecule has 4 rings (SSSR count). The second-order valence-corrected chi connectivity index (χ2v) is 10.2. The standard InChI is InChI=1S/C27H20Cl2N2O4S/c1-15(25(32)31-20-12-17(28)11-18(29)13-20)36-21-8-4-7-19(14-21)30-26(33)22-9-2-5-16-6-3-10-23(24(16)22)27(34)35/h2-15H,1H3,(H,30,33)(H,31,32)(H,34,35). The number of halogens is 2. The summed E-state index contributed by atoms with van der Waals surface area (Å²) >= 11 is 13.3. The number of benzene rings is 4. The van der Waals surface area contributed by atoms with Crippen molar-refractivity contribution in [3.05, 3.63) is 100 Å². The summed E-state index contributed by atoms with van der Waals surface area (Å²) in [6, 6.07) is 21.8. The molecule has 0 heterocycles. The molecule has 0 aliphatic carbocycles. The first-order chi connectivity index (χ1) is 17.2. The molecular formula is C27H20Cl2N2O4S. The molecule has 4 aromatic rings.